The number of piperidine rings is 1. The van der Waals surface area contributed by atoms with Gasteiger partial charge in [-0.2, -0.15) is 0 Å². The van der Waals surface area contributed by atoms with Gasteiger partial charge in [0.05, 0.1) is 12.1 Å². The van der Waals surface area contributed by atoms with Gasteiger partial charge in [-0.1, -0.05) is 11.3 Å². The molecule has 11 heteroatoms. The van der Waals surface area contributed by atoms with Crippen molar-refractivity contribution < 1.29 is 13.6 Å². The number of amides is 2. The number of anilines is 1. The molecule has 168 valence electrons. The van der Waals surface area contributed by atoms with Gasteiger partial charge in [-0.05, 0) is 56.9 Å². The van der Waals surface area contributed by atoms with E-state index in [1.807, 2.05) is 30.0 Å². The maximum atomic E-state index is 13.0. The average molecular weight is 460 g/mol. The standard InChI is InChI=1S/C21H23F2N7OS/c1-11-26-29-20(32-11)12-2-5-17-13(6-12)7-19(28-27-17)25-21(31)30-15-3-4-16(30)9-14(8-15)24-10-18(22)23/h2,5-7,14-16,18,24H,3-4,8-10H2,1H3,(H,25,28,31)/t14?,15-,16?/m0/s1. The van der Waals surface area contributed by atoms with E-state index in [1.165, 1.54) is 11.3 Å². The number of carbonyl (C=O) groups excluding carboxylic acids is 1. The molecule has 0 aliphatic carbocycles. The van der Waals surface area contributed by atoms with Gasteiger partial charge >= 0.3 is 6.03 Å². The number of nitrogens with one attached hydrogen (secondary N) is 2. The van der Waals surface area contributed by atoms with Crippen LogP contribution in [0, 0.1) is 6.92 Å². The quantitative estimate of drug-likeness (QED) is 0.602. The van der Waals surface area contributed by atoms with Crippen LogP contribution in [0.2, 0.25) is 0 Å². The van der Waals surface area contributed by atoms with E-state index in [-0.39, 0.29) is 30.7 Å². The number of aryl methyl sites for hydroxylation is 1. The summed E-state index contributed by atoms with van der Waals surface area (Å²) in [6.45, 7) is 1.60. The highest BCUT2D eigenvalue weighted by Gasteiger charge is 2.43. The fourth-order valence-corrected chi connectivity index (χ4v) is 5.45. The first-order valence-corrected chi connectivity index (χ1v) is 11.5. The molecule has 2 saturated heterocycles. The molecule has 4 heterocycles. The van der Waals surface area contributed by atoms with Gasteiger partial charge in [-0.15, -0.1) is 20.4 Å². The maximum absolute atomic E-state index is 13.0. The fraction of sp³-hybridized carbons (Fsp3) is 0.476. The third-order valence-corrected chi connectivity index (χ3v) is 7.01. The molecule has 1 aromatic carbocycles. The second-order valence-electron chi connectivity index (χ2n) is 8.32. The number of nitrogens with zero attached hydrogens (tertiary/aromatic N) is 5. The summed E-state index contributed by atoms with van der Waals surface area (Å²) in [7, 11) is 0. The highest BCUT2D eigenvalue weighted by atomic mass is 32.1. The van der Waals surface area contributed by atoms with Crippen molar-refractivity contribution >= 4 is 34.1 Å². The zero-order valence-corrected chi connectivity index (χ0v) is 18.3. The average Bonchev–Trinajstić information content (AvgIpc) is 3.32. The van der Waals surface area contributed by atoms with E-state index in [0.717, 1.165) is 39.3 Å². The van der Waals surface area contributed by atoms with E-state index in [0.29, 0.717) is 18.7 Å². The number of halogens is 2. The number of alkyl halides is 2. The van der Waals surface area contributed by atoms with Gasteiger partial charge in [0, 0.05) is 29.1 Å². The maximum Gasteiger partial charge on any atom is 0.323 e. The van der Waals surface area contributed by atoms with Crippen LogP contribution < -0.4 is 10.6 Å². The number of rotatable bonds is 5. The van der Waals surface area contributed by atoms with Gasteiger partial charge in [-0.3, -0.25) is 5.32 Å². The predicted octanol–water partition coefficient (Wildman–Crippen LogP) is 3.84. The number of carbonyl (C=O) groups is 1. The first-order chi connectivity index (χ1) is 15.5. The summed E-state index contributed by atoms with van der Waals surface area (Å²) in [5, 5.41) is 25.0. The van der Waals surface area contributed by atoms with Crippen LogP contribution >= 0.6 is 11.3 Å². The zero-order chi connectivity index (χ0) is 22.2. The number of hydrogen-bond acceptors (Lipinski definition) is 7. The van der Waals surface area contributed by atoms with Crippen molar-refractivity contribution in [1.82, 2.24) is 30.6 Å². The molecule has 2 unspecified atom stereocenters. The summed E-state index contributed by atoms with van der Waals surface area (Å²) >= 11 is 1.51. The molecule has 3 atom stereocenters. The van der Waals surface area contributed by atoms with Gasteiger partial charge in [0.2, 0.25) is 0 Å². The van der Waals surface area contributed by atoms with Gasteiger partial charge < -0.3 is 10.2 Å². The van der Waals surface area contributed by atoms with Gasteiger partial charge in [0.15, 0.2) is 5.82 Å². The SMILES string of the molecule is Cc1nnc(-c2ccc3nnc(NC(=O)N4C5CC[C@H]4CC(NCC(F)F)C5)cc3c2)s1. The largest absolute Gasteiger partial charge is 0.323 e. The van der Waals surface area contributed by atoms with Crippen molar-refractivity contribution in [2.24, 2.45) is 0 Å². The van der Waals surface area contributed by atoms with Crippen molar-refractivity contribution in [1.29, 1.82) is 0 Å². The van der Waals surface area contributed by atoms with Crippen LogP contribution in [-0.4, -0.2) is 62.4 Å². The minimum atomic E-state index is -2.36. The molecule has 0 spiro atoms. The van der Waals surface area contributed by atoms with Gasteiger partial charge in [0.25, 0.3) is 6.43 Å². The van der Waals surface area contributed by atoms with Crippen molar-refractivity contribution in [2.45, 2.75) is 57.2 Å². The Kier molecular flexibility index (Phi) is 5.68. The second-order valence-corrected chi connectivity index (χ2v) is 9.50. The summed E-state index contributed by atoms with van der Waals surface area (Å²) in [5.74, 6) is 0.380. The second kappa shape index (κ2) is 8.62. The van der Waals surface area contributed by atoms with Crippen LogP contribution in [0.5, 0.6) is 0 Å². The molecule has 2 aliphatic heterocycles. The summed E-state index contributed by atoms with van der Waals surface area (Å²) in [5.41, 5.74) is 1.66. The Bertz CT molecular complexity index is 1130. The minimum absolute atomic E-state index is 0.0217. The predicted molar refractivity (Wildman–Crippen MR) is 118 cm³/mol. The van der Waals surface area contributed by atoms with E-state index < -0.39 is 6.43 Å². The fourth-order valence-electron chi connectivity index (χ4n) is 4.76. The Balaban J connectivity index is 1.29. The Hall–Kier alpha value is -2.79. The van der Waals surface area contributed by atoms with Crippen LogP contribution in [0.4, 0.5) is 19.4 Å². The summed E-state index contributed by atoms with van der Waals surface area (Å²) < 4.78 is 25.0. The van der Waals surface area contributed by atoms with Gasteiger partial charge in [0.1, 0.15) is 10.0 Å². The van der Waals surface area contributed by atoms with Crippen LogP contribution in [0.1, 0.15) is 30.7 Å². The topological polar surface area (TPSA) is 95.9 Å². The first-order valence-electron chi connectivity index (χ1n) is 10.6. The van der Waals surface area contributed by atoms with Crippen LogP contribution in [-0.2, 0) is 0 Å². The van der Waals surface area contributed by atoms with E-state index in [1.54, 1.807) is 6.07 Å². The Labute approximate surface area is 187 Å². The minimum Gasteiger partial charge on any atom is -0.318 e. The van der Waals surface area contributed by atoms with E-state index >= 15 is 0 Å². The van der Waals surface area contributed by atoms with E-state index in [9.17, 15) is 13.6 Å². The highest BCUT2D eigenvalue weighted by molar-refractivity contribution is 7.14. The molecule has 8 nitrogen and oxygen atoms in total. The Morgan fingerprint density at radius 2 is 1.94 bits per heavy atom. The number of urea groups is 1. The first kappa shape index (κ1) is 21.1. The van der Waals surface area contributed by atoms with Crippen molar-refractivity contribution in [2.75, 3.05) is 11.9 Å². The third kappa shape index (κ3) is 4.26. The smallest absolute Gasteiger partial charge is 0.318 e. The summed E-state index contributed by atoms with van der Waals surface area (Å²) in [6.07, 6.45) is 0.782. The molecule has 2 aromatic heterocycles. The molecule has 0 radical (unpaired) electrons. The van der Waals surface area contributed by atoms with Crippen LogP contribution in [0.3, 0.4) is 0 Å². The third-order valence-electron chi connectivity index (χ3n) is 6.12. The van der Waals surface area contributed by atoms with Crippen molar-refractivity contribution in [3.05, 3.63) is 29.3 Å². The molecule has 2 bridgehead atoms. The lowest BCUT2D eigenvalue weighted by molar-refractivity contribution is 0.115. The molecule has 5 rings (SSSR count). The molecule has 2 aliphatic rings. The normalized spacial score (nSPS) is 22.6. The molecule has 2 fully saturated rings. The van der Waals surface area contributed by atoms with E-state index in [2.05, 4.69) is 31.0 Å². The summed E-state index contributed by atoms with van der Waals surface area (Å²) in [6, 6.07) is 7.47. The van der Waals surface area contributed by atoms with Crippen molar-refractivity contribution in [3.8, 4) is 10.6 Å². The lowest BCUT2D eigenvalue weighted by Crippen LogP contribution is -2.53. The highest BCUT2D eigenvalue weighted by Crippen LogP contribution is 2.36. The monoisotopic (exact) mass is 459 g/mol. The summed E-state index contributed by atoms with van der Waals surface area (Å²) in [4.78, 5) is 14.9. The molecule has 2 amide bonds. The number of fused-ring (bicyclic) bond motifs is 3. The molecule has 0 saturated carbocycles. The Morgan fingerprint density at radius 1 is 1.16 bits per heavy atom. The number of benzene rings is 1. The molecule has 3 aromatic rings. The van der Waals surface area contributed by atoms with Crippen molar-refractivity contribution in [3.63, 3.8) is 0 Å². The molecule has 32 heavy (non-hydrogen) atoms. The van der Waals surface area contributed by atoms with Crippen LogP contribution in [0.25, 0.3) is 21.5 Å². The number of hydrogen-bond donors (Lipinski definition) is 2. The van der Waals surface area contributed by atoms with Crippen LogP contribution in [0.15, 0.2) is 24.3 Å². The van der Waals surface area contributed by atoms with E-state index in [4.69, 9.17) is 0 Å². The lowest BCUT2D eigenvalue weighted by Gasteiger charge is -2.39. The Morgan fingerprint density at radius 3 is 2.62 bits per heavy atom. The number of aromatic nitrogens is 4. The molecular formula is C21H23F2N7OS. The van der Waals surface area contributed by atoms with Gasteiger partial charge in [-0.25, -0.2) is 13.6 Å². The molecular weight excluding hydrogens is 436 g/mol. The molecule has 2 N–H and O–H groups in total. The lowest BCUT2D eigenvalue weighted by atomic mass is 9.97. The zero-order valence-electron chi connectivity index (χ0n) is 17.5.